The molecule has 1 aliphatic rings. The first-order chi connectivity index (χ1) is 16.4. The van der Waals surface area contributed by atoms with Gasteiger partial charge >= 0.3 is 11.9 Å². The number of hydrogen-bond donors (Lipinski definition) is 1. The molecule has 6 nitrogen and oxygen atoms in total. The second-order valence-electron chi connectivity index (χ2n) is 8.23. The monoisotopic (exact) mass is 483 g/mol. The largest absolute Gasteiger partial charge is 0.462 e. The van der Waals surface area contributed by atoms with Crippen molar-refractivity contribution >= 4 is 23.3 Å². The lowest BCUT2D eigenvalue weighted by Crippen LogP contribution is -2.18. The summed E-state index contributed by atoms with van der Waals surface area (Å²) in [5, 5.41) is 11.7. The summed E-state index contributed by atoms with van der Waals surface area (Å²) in [4.78, 5) is 29.1. The highest BCUT2D eigenvalue weighted by Crippen LogP contribution is 2.18. The lowest BCUT2D eigenvalue weighted by atomic mass is 10.1. The van der Waals surface area contributed by atoms with Crippen LogP contribution in [0.3, 0.4) is 0 Å². The molecule has 0 amide bonds. The Morgan fingerprint density at radius 2 is 2.03 bits per heavy atom. The Hall–Kier alpha value is -2.95. The lowest BCUT2D eigenvalue weighted by Gasteiger charge is -2.13. The molecule has 0 spiro atoms. The van der Waals surface area contributed by atoms with Crippen LogP contribution in [0.15, 0.2) is 53.0 Å². The summed E-state index contributed by atoms with van der Waals surface area (Å²) in [6.45, 7) is 5.64. The van der Waals surface area contributed by atoms with Crippen LogP contribution in [0.5, 0.6) is 0 Å². The molecule has 0 saturated carbocycles. The number of hydrogen-bond acceptors (Lipinski definition) is 7. The molecule has 0 aromatic carbocycles. The van der Waals surface area contributed by atoms with Crippen molar-refractivity contribution in [1.82, 2.24) is 4.98 Å². The first-order valence-corrected chi connectivity index (χ1v) is 12.4. The van der Waals surface area contributed by atoms with E-state index in [0.717, 1.165) is 41.1 Å². The van der Waals surface area contributed by atoms with E-state index in [1.807, 2.05) is 44.4 Å². The van der Waals surface area contributed by atoms with E-state index in [-0.39, 0.29) is 18.7 Å². The molecule has 0 unspecified atom stereocenters. The van der Waals surface area contributed by atoms with Gasteiger partial charge < -0.3 is 14.6 Å². The third-order valence-corrected chi connectivity index (χ3v) is 5.81. The van der Waals surface area contributed by atoms with Gasteiger partial charge in [0, 0.05) is 30.6 Å². The van der Waals surface area contributed by atoms with Crippen molar-refractivity contribution in [3.63, 3.8) is 0 Å². The fraction of sp³-hybridized carbons (Fsp3) is 0.444. The van der Waals surface area contributed by atoms with Gasteiger partial charge in [0.2, 0.25) is 0 Å². The minimum Gasteiger partial charge on any atom is -0.462 e. The molecule has 2 rings (SSSR count). The molecule has 0 fully saturated rings. The number of aliphatic hydroxyl groups excluding tert-OH is 1. The molecule has 7 heteroatoms. The predicted molar refractivity (Wildman–Crippen MR) is 134 cm³/mol. The molecule has 1 aromatic heterocycles. The molecule has 0 radical (unpaired) electrons. The van der Waals surface area contributed by atoms with Gasteiger partial charge in [-0.3, -0.25) is 4.79 Å². The summed E-state index contributed by atoms with van der Waals surface area (Å²) in [5.74, 6) is 4.45. The number of esters is 2. The maximum atomic E-state index is 12.4. The summed E-state index contributed by atoms with van der Waals surface area (Å²) >= 11 is 1.53. The highest BCUT2D eigenvalue weighted by Gasteiger charge is 2.15. The minimum absolute atomic E-state index is 0.0193. The fourth-order valence-corrected chi connectivity index (χ4v) is 4.23. The van der Waals surface area contributed by atoms with Crippen LogP contribution in [-0.4, -0.2) is 40.8 Å². The molecule has 34 heavy (non-hydrogen) atoms. The molecule has 0 aliphatic carbocycles. The van der Waals surface area contributed by atoms with Crippen LogP contribution >= 0.6 is 11.3 Å². The molecule has 2 heterocycles. The Labute approximate surface area is 206 Å². The Bertz CT molecular complexity index is 1010. The van der Waals surface area contributed by atoms with E-state index in [9.17, 15) is 9.59 Å². The van der Waals surface area contributed by atoms with Gasteiger partial charge in [-0.25, -0.2) is 9.78 Å². The number of thiazole rings is 1. The van der Waals surface area contributed by atoms with Crippen molar-refractivity contribution in [3.8, 4) is 11.8 Å². The summed E-state index contributed by atoms with van der Waals surface area (Å²) < 4.78 is 11.1. The van der Waals surface area contributed by atoms with Gasteiger partial charge in [0.1, 0.15) is 12.2 Å². The molecule has 2 atom stereocenters. The molecule has 1 N–H and O–H groups in total. The minimum atomic E-state index is -0.614. The van der Waals surface area contributed by atoms with Crippen molar-refractivity contribution in [1.29, 1.82) is 0 Å². The van der Waals surface area contributed by atoms with Gasteiger partial charge in [-0.2, -0.15) is 0 Å². The van der Waals surface area contributed by atoms with E-state index in [2.05, 4.69) is 16.8 Å². The predicted octanol–water partition coefficient (Wildman–Crippen LogP) is 4.65. The zero-order valence-corrected chi connectivity index (χ0v) is 20.9. The van der Waals surface area contributed by atoms with Crippen molar-refractivity contribution in [2.24, 2.45) is 0 Å². The fourth-order valence-electron chi connectivity index (χ4n) is 3.36. The van der Waals surface area contributed by atoms with E-state index in [0.29, 0.717) is 19.3 Å². The summed E-state index contributed by atoms with van der Waals surface area (Å²) in [7, 11) is 0. The normalized spacial score (nSPS) is 23.2. The van der Waals surface area contributed by atoms with Crippen LogP contribution in [0.2, 0.25) is 0 Å². The first-order valence-electron chi connectivity index (χ1n) is 11.5. The summed E-state index contributed by atoms with van der Waals surface area (Å²) in [6.07, 6.45) is 13.6. The van der Waals surface area contributed by atoms with Crippen LogP contribution in [0.25, 0.3) is 0 Å². The van der Waals surface area contributed by atoms with Crippen LogP contribution in [0.1, 0.15) is 57.2 Å². The van der Waals surface area contributed by atoms with Crippen molar-refractivity contribution in [3.05, 3.63) is 63.7 Å². The Morgan fingerprint density at radius 1 is 1.24 bits per heavy atom. The molecule has 0 saturated heterocycles. The number of aryl methyl sites for hydroxylation is 1. The van der Waals surface area contributed by atoms with Gasteiger partial charge in [0.05, 0.1) is 17.3 Å². The number of cyclic esters (lactones) is 2. The zero-order valence-electron chi connectivity index (χ0n) is 20.1. The van der Waals surface area contributed by atoms with E-state index < -0.39 is 12.1 Å². The van der Waals surface area contributed by atoms with E-state index in [1.165, 1.54) is 11.3 Å². The van der Waals surface area contributed by atoms with E-state index >= 15 is 0 Å². The number of carbonyl (C=O) groups is 2. The van der Waals surface area contributed by atoms with Crippen LogP contribution < -0.4 is 0 Å². The standard InChI is InChI=1S/C27H33NO5S/c1-20-11-9-14-27(31)33-24(17-21(2)10-5-4-8-15-29)18-25-28-23(19-34-25)12-6-7-13-26(30)32-22(3)16-20/h4-5,8,10-11,17,19,22,24,29H,6-7,12-13,15-16,18H2,1-3H3/b8-4+,10-5+,20-11+,21-17+/t22-,24+/m0/s1. The Kier molecular flexibility index (Phi) is 12.1. The zero-order chi connectivity index (χ0) is 24.8. The van der Waals surface area contributed by atoms with Gasteiger partial charge in [-0.1, -0.05) is 41.4 Å². The highest BCUT2D eigenvalue weighted by molar-refractivity contribution is 7.09. The highest BCUT2D eigenvalue weighted by atomic mass is 32.1. The van der Waals surface area contributed by atoms with Crippen LogP contribution in [0, 0.1) is 11.8 Å². The number of aromatic nitrogens is 1. The van der Waals surface area contributed by atoms with Gasteiger partial charge in [-0.15, -0.1) is 11.3 Å². The molecule has 2 bridgehead atoms. The van der Waals surface area contributed by atoms with Gasteiger partial charge in [0.25, 0.3) is 0 Å². The quantitative estimate of drug-likeness (QED) is 0.290. The summed E-state index contributed by atoms with van der Waals surface area (Å²) in [5.41, 5.74) is 2.80. The summed E-state index contributed by atoms with van der Waals surface area (Å²) in [6, 6.07) is 0. The van der Waals surface area contributed by atoms with Crippen molar-refractivity contribution in [2.75, 3.05) is 6.61 Å². The van der Waals surface area contributed by atoms with Crippen LogP contribution in [0.4, 0.5) is 0 Å². The number of nitrogens with zero attached hydrogens (tertiary/aromatic N) is 1. The Balaban J connectivity index is 2.23. The van der Waals surface area contributed by atoms with Crippen LogP contribution in [-0.2, 0) is 31.9 Å². The number of rotatable bonds is 4. The second kappa shape index (κ2) is 15.0. The maximum absolute atomic E-state index is 12.4. The Morgan fingerprint density at radius 3 is 2.82 bits per heavy atom. The van der Waals surface area contributed by atoms with Gasteiger partial charge in [-0.05, 0) is 52.2 Å². The number of allylic oxidation sites excluding steroid dienone is 5. The maximum Gasteiger partial charge on any atom is 0.385 e. The molecule has 1 aromatic rings. The number of carbonyl (C=O) groups excluding carboxylic acids is 2. The van der Waals surface area contributed by atoms with Crippen molar-refractivity contribution < 1.29 is 24.2 Å². The SMILES string of the molecule is CC(/C=C/C=C/CO)=C\[C@@H]1Cc2nc(cs2)CCCCC(=O)O[C@@H](C)C/C(C)=C/C#CC(=O)O1. The average molecular weight is 484 g/mol. The number of aliphatic hydroxyl groups is 1. The number of ether oxygens (including phenoxy) is 2. The molecular formula is C27H33NO5S. The van der Waals surface area contributed by atoms with Gasteiger partial charge in [0.15, 0.2) is 0 Å². The topological polar surface area (TPSA) is 85.7 Å². The molecule has 182 valence electrons. The third kappa shape index (κ3) is 11.3. The van der Waals surface area contributed by atoms with E-state index in [1.54, 1.807) is 18.2 Å². The molecule has 1 aliphatic heterocycles. The lowest BCUT2D eigenvalue weighted by molar-refractivity contribution is -0.148. The molecular weight excluding hydrogens is 450 g/mol. The average Bonchev–Trinajstić information content (AvgIpc) is 3.20. The van der Waals surface area contributed by atoms with Crippen molar-refractivity contribution in [2.45, 2.75) is 71.5 Å². The smallest absolute Gasteiger partial charge is 0.385 e. The van der Waals surface area contributed by atoms with E-state index in [4.69, 9.17) is 14.6 Å². The third-order valence-electron chi connectivity index (χ3n) is 4.89. The second-order valence-corrected chi connectivity index (χ2v) is 9.18. The first kappa shape index (κ1) is 27.3. The number of fused-ring (bicyclic) bond motifs is 2.